The molecule has 0 bridgehead atoms. The summed E-state index contributed by atoms with van der Waals surface area (Å²) in [6, 6.07) is 15.6. The highest BCUT2D eigenvalue weighted by Gasteiger charge is 2.28. The van der Waals surface area contributed by atoms with E-state index < -0.39 is 0 Å². The van der Waals surface area contributed by atoms with Crippen LogP contribution in [0.3, 0.4) is 0 Å². The Labute approximate surface area is 174 Å². The van der Waals surface area contributed by atoms with Crippen molar-refractivity contribution in [1.29, 1.82) is 0 Å². The topological polar surface area (TPSA) is 65.4 Å². The van der Waals surface area contributed by atoms with Gasteiger partial charge in [0.25, 0.3) is 0 Å². The second-order valence-corrected chi connectivity index (χ2v) is 7.48. The van der Waals surface area contributed by atoms with Crippen LogP contribution >= 0.6 is 11.6 Å². The fourth-order valence-corrected chi connectivity index (χ4v) is 3.78. The third kappa shape index (κ3) is 4.13. The number of hydroxylamine groups is 1. The maximum Gasteiger partial charge on any atom is 0.321 e. The molecule has 1 aliphatic rings. The number of ether oxygens (including phenoxy) is 1. The van der Waals surface area contributed by atoms with Crippen LogP contribution < -0.4 is 10.2 Å². The number of rotatable bonds is 5. The lowest BCUT2D eigenvalue weighted by Gasteiger charge is -2.23. The molecule has 0 fully saturated rings. The molecule has 6 nitrogen and oxygen atoms in total. The van der Waals surface area contributed by atoms with Gasteiger partial charge in [0.1, 0.15) is 5.75 Å². The summed E-state index contributed by atoms with van der Waals surface area (Å²) in [5.41, 5.74) is 8.15. The molecule has 2 aromatic carbocycles. The van der Waals surface area contributed by atoms with E-state index in [1.807, 2.05) is 53.2 Å². The van der Waals surface area contributed by atoms with Gasteiger partial charge in [0.05, 0.1) is 18.5 Å². The highest BCUT2D eigenvalue weighted by molar-refractivity contribution is 6.30. The highest BCUT2D eigenvalue weighted by atomic mass is 35.5. The Morgan fingerprint density at radius 1 is 1.17 bits per heavy atom. The van der Waals surface area contributed by atoms with Gasteiger partial charge in [0.15, 0.2) is 0 Å². The first-order chi connectivity index (χ1) is 14.0. The number of carbonyl (C=O) groups excluding carboxylic acids is 1. The molecular weight excluding hydrogens is 390 g/mol. The van der Waals surface area contributed by atoms with Gasteiger partial charge in [-0.25, -0.2) is 4.68 Å². The van der Waals surface area contributed by atoms with Crippen LogP contribution in [0.25, 0.3) is 16.9 Å². The van der Waals surface area contributed by atoms with Gasteiger partial charge in [0, 0.05) is 41.2 Å². The normalized spacial score (nSPS) is 15.6. The zero-order valence-corrected chi connectivity index (χ0v) is 17.1. The van der Waals surface area contributed by atoms with Gasteiger partial charge in [-0.2, -0.15) is 5.10 Å². The van der Waals surface area contributed by atoms with E-state index in [1.54, 1.807) is 7.11 Å². The largest absolute Gasteiger partial charge is 0.497 e. The van der Waals surface area contributed by atoms with Gasteiger partial charge in [0.2, 0.25) is 0 Å². The van der Waals surface area contributed by atoms with Gasteiger partial charge in [-0.05, 0) is 49.2 Å². The monoisotopic (exact) mass is 411 g/mol. The van der Waals surface area contributed by atoms with Crippen molar-refractivity contribution in [3.8, 4) is 22.7 Å². The molecule has 150 valence electrons. The van der Waals surface area contributed by atoms with Crippen LogP contribution in [0.1, 0.15) is 24.6 Å². The first kappa shape index (κ1) is 19.5. The van der Waals surface area contributed by atoms with Crippen LogP contribution in [0.2, 0.25) is 5.02 Å². The minimum Gasteiger partial charge on any atom is -0.497 e. The van der Waals surface area contributed by atoms with E-state index in [0.717, 1.165) is 41.2 Å². The Kier molecular flexibility index (Phi) is 5.56. The molecule has 3 aromatic rings. The summed E-state index contributed by atoms with van der Waals surface area (Å²) in [4.78, 5) is 16.2. The number of halogens is 1. The smallest absolute Gasteiger partial charge is 0.321 e. The summed E-state index contributed by atoms with van der Waals surface area (Å²) in [6.07, 6.45) is 2.40. The SMILES string of the molecule is COc1ccc(-n2nc(-c3ccc(Cl)cc3)c3c2CC(NOC(C)=O)CC3)cc1. The number of hydrogen-bond donors (Lipinski definition) is 1. The lowest BCUT2D eigenvalue weighted by Crippen LogP contribution is -2.36. The van der Waals surface area contributed by atoms with E-state index >= 15 is 0 Å². The zero-order valence-electron chi connectivity index (χ0n) is 16.3. The highest BCUT2D eigenvalue weighted by Crippen LogP contribution is 2.33. The minimum absolute atomic E-state index is 0.0400. The number of hydrogen-bond acceptors (Lipinski definition) is 5. The van der Waals surface area contributed by atoms with Crippen molar-refractivity contribution in [1.82, 2.24) is 15.3 Å². The molecule has 0 spiro atoms. The van der Waals surface area contributed by atoms with E-state index in [1.165, 1.54) is 12.5 Å². The third-order valence-electron chi connectivity index (χ3n) is 5.08. The molecule has 1 aliphatic carbocycles. The number of aromatic nitrogens is 2. The average molecular weight is 412 g/mol. The summed E-state index contributed by atoms with van der Waals surface area (Å²) in [5.74, 6) is 0.448. The summed E-state index contributed by atoms with van der Waals surface area (Å²) in [7, 11) is 1.65. The Bertz CT molecular complexity index is 1010. The number of carbonyl (C=O) groups is 1. The first-order valence-corrected chi connectivity index (χ1v) is 9.87. The van der Waals surface area contributed by atoms with Gasteiger partial charge < -0.3 is 9.57 Å². The van der Waals surface area contributed by atoms with Crippen molar-refractivity contribution in [2.45, 2.75) is 32.2 Å². The van der Waals surface area contributed by atoms with Crippen molar-refractivity contribution in [2.75, 3.05) is 7.11 Å². The molecule has 1 atom stereocenters. The third-order valence-corrected chi connectivity index (χ3v) is 5.33. The molecule has 4 rings (SSSR count). The number of nitrogens with one attached hydrogen (secondary N) is 1. The van der Waals surface area contributed by atoms with Gasteiger partial charge in [-0.3, -0.25) is 4.79 Å². The Morgan fingerprint density at radius 2 is 1.90 bits per heavy atom. The summed E-state index contributed by atoms with van der Waals surface area (Å²) in [5, 5.41) is 5.64. The van der Waals surface area contributed by atoms with Gasteiger partial charge in [-0.15, -0.1) is 5.48 Å². The average Bonchev–Trinajstić information content (AvgIpc) is 3.12. The molecule has 1 unspecified atom stereocenters. The minimum atomic E-state index is -0.346. The van der Waals surface area contributed by atoms with Crippen molar-refractivity contribution >= 4 is 17.6 Å². The van der Waals surface area contributed by atoms with E-state index in [-0.39, 0.29) is 12.0 Å². The van der Waals surface area contributed by atoms with Crippen molar-refractivity contribution in [3.63, 3.8) is 0 Å². The quantitative estimate of drug-likeness (QED) is 0.639. The molecule has 1 heterocycles. The molecular formula is C22H22ClN3O3. The number of benzene rings is 2. The Morgan fingerprint density at radius 3 is 2.55 bits per heavy atom. The zero-order chi connectivity index (χ0) is 20.4. The van der Waals surface area contributed by atoms with E-state index in [9.17, 15) is 4.79 Å². The summed E-state index contributed by atoms with van der Waals surface area (Å²) in [6.45, 7) is 1.39. The Balaban J connectivity index is 1.75. The van der Waals surface area contributed by atoms with Crippen LogP contribution in [-0.2, 0) is 22.5 Å². The number of nitrogens with zero attached hydrogens (tertiary/aromatic N) is 2. The molecule has 0 amide bonds. The first-order valence-electron chi connectivity index (χ1n) is 9.49. The predicted octanol–water partition coefficient (Wildman–Crippen LogP) is 4.13. The van der Waals surface area contributed by atoms with Crippen molar-refractivity contribution in [2.24, 2.45) is 0 Å². The van der Waals surface area contributed by atoms with Crippen LogP contribution in [-0.4, -0.2) is 28.9 Å². The van der Waals surface area contributed by atoms with E-state index in [2.05, 4.69) is 5.48 Å². The lowest BCUT2D eigenvalue weighted by molar-refractivity contribution is -0.150. The molecule has 7 heteroatoms. The van der Waals surface area contributed by atoms with E-state index in [0.29, 0.717) is 11.4 Å². The lowest BCUT2D eigenvalue weighted by atomic mass is 9.90. The molecule has 0 saturated carbocycles. The fraction of sp³-hybridized carbons (Fsp3) is 0.273. The standard InChI is InChI=1S/C22H22ClN3O3/c1-14(27)29-25-17-7-12-20-21(13-17)26(18-8-10-19(28-2)11-9-18)24-22(20)15-3-5-16(23)6-4-15/h3-6,8-11,17,25H,7,12-13H2,1-2H3. The van der Waals surface area contributed by atoms with Gasteiger partial charge in [-0.1, -0.05) is 23.7 Å². The van der Waals surface area contributed by atoms with Crippen LogP contribution in [0.15, 0.2) is 48.5 Å². The molecule has 1 aromatic heterocycles. The van der Waals surface area contributed by atoms with Crippen molar-refractivity contribution < 1.29 is 14.4 Å². The second kappa shape index (κ2) is 8.27. The number of methoxy groups -OCH3 is 1. The molecule has 0 radical (unpaired) electrons. The maximum atomic E-state index is 11.2. The van der Waals surface area contributed by atoms with Gasteiger partial charge >= 0.3 is 5.97 Å². The molecule has 0 aliphatic heterocycles. The van der Waals surface area contributed by atoms with Crippen molar-refractivity contribution in [3.05, 3.63) is 64.8 Å². The number of fused-ring (bicyclic) bond motifs is 1. The second-order valence-electron chi connectivity index (χ2n) is 7.04. The summed E-state index contributed by atoms with van der Waals surface area (Å²) >= 11 is 6.06. The molecule has 1 N–H and O–H groups in total. The van der Waals surface area contributed by atoms with Crippen LogP contribution in [0.5, 0.6) is 5.75 Å². The maximum absolute atomic E-state index is 11.2. The van der Waals surface area contributed by atoms with Crippen LogP contribution in [0.4, 0.5) is 0 Å². The van der Waals surface area contributed by atoms with Crippen LogP contribution in [0, 0.1) is 0 Å². The molecule has 0 saturated heterocycles. The fourth-order valence-electron chi connectivity index (χ4n) is 3.66. The van der Waals surface area contributed by atoms with E-state index in [4.69, 9.17) is 26.3 Å². The Hall–Kier alpha value is -2.83. The molecule has 29 heavy (non-hydrogen) atoms. The summed E-state index contributed by atoms with van der Waals surface area (Å²) < 4.78 is 7.25. The predicted molar refractivity (Wildman–Crippen MR) is 111 cm³/mol.